The Morgan fingerprint density at radius 3 is 2.70 bits per heavy atom. The lowest BCUT2D eigenvalue weighted by Crippen LogP contribution is -2.33. The molecule has 1 unspecified atom stereocenters. The van der Waals surface area contributed by atoms with Crippen molar-refractivity contribution >= 4 is 10.0 Å². The first-order chi connectivity index (χ1) is 12.9. The molecule has 0 radical (unpaired) electrons. The van der Waals surface area contributed by atoms with Crippen LogP contribution in [0.3, 0.4) is 0 Å². The maximum atomic E-state index is 12.5. The second-order valence-corrected chi connectivity index (χ2v) is 8.53. The van der Waals surface area contributed by atoms with E-state index in [4.69, 9.17) is 13.9 Å². The number of sulfonamides is 1. The molecule has 0 saturated carbocycles. The summed E-state index contributed by atoms with van der Waals surface area (Å²) in [4.78, 5) is 11.4. The molecule has 1 atom stereocenters. The molecule has 8 heteroatoms. The topological polar surface area (TPSA) is 86.0 Å². The summed E-state index contributed by atoms with van der Waals surface area (Å²) in [5, 5.41) is 0. The van der Waals surface area contributed by atoms with Crippen LogP contribution in [0.4, 0.5) is 0 Å². The maximum Gasteiger partial charge on any atom is 0.339 e. The van der Waals surface area contributed by atoms with Gasteiger partial charge in [0, 0.05) is 12.6 Å². The highest BCUT2D eigenvalue weighted by atomic mass is 32.2. The largest absolute Gasteiger partial charge is 0.494 e. The van der Waals surface area contributed by atoms with Gasteiger partial charge in [-0.2, -0.15) is 4.31 Å². The first-order valence-corrected chi connectivity index (χ1v) is 10.5. The van der Waals surface area contributed by atoms with E-state index in [2.05, 4.69) is 0 Å². The second kappa shape index (κ2) is 8.58. The van der Waals surface area contributed by atoms with E-state index in [1.165, 1.54) is 10.4 Å². The molecule has 27 heavy (non-hydrogen) atoms. The minimum atomic E-state index is -3.36. The number of aryl methyl sites for hydroxylation is 1. The molecule has 0 N–H and O–H groups in total. The van der Waals surface area contributed by atoms with Gasteiger partial charge >= 0.3 is 5.63 Å². The summed E-state index contributed by atoms with van der Waals surface area (Å²) < 4.78 is 42.6. The fourth-order valence-electron chi connectivity index (χ4n) is 2.96. The molecule has 1 aromatic carbocycles. The van der Waals surface area contributed by atoms with Crippen LogP contribution >= 0.6 is 0 Å². The van der Waals surface area contributed by atoms with E-state index < -0.39 is 15.6 Å². The second-order valence-electron chi connectivity index (χ2n) is 6.44. The molecular weight excluding hydrogens is 370 g/mol. The van der Waals surface area contributed by atoms with Crippen LogP contribution < -0.4 is 15.1 Å². The third kappa shape index (κ3) is 5.58. The van der Waals surface area contributed by atoms with Gasteiger partial charge in [-0.05, 0) is 31.9 Å². The first kappa shape index (κ1) is 19.4. The molecule has 2 heterocycles. The lowest BCUT2D eigenvalue weighted by Gasteiger charge is -2.17. The highest BCUT2D eigenvalue weighted by molar-refractivity contribution is 7.89. The smallest absolute Gasteiger partial charge is 0.339 e. The number of ether oxygens (including phenoxy) is 2. The number of hydrogen-bond acceptors (Lipinski definition) is 6. The van der Waals surface area contributed by atoms with Crippen LogP contribution in [0.1, 0.15) is 18.6 Å². The standard InChI is InChI=1S/C19H23NO6S/c1-15-12-18(13-19(21)25-15)26-17-8-9-20(14-17)27(22,23)11-5-10-24-16-6-3-2-4-7-16/h2-4,6-7,12-13,17H,5,8-11,14H2,1H3. The predicted molar refractivity (Wildman–Crippen MR) is 101 cm³/mol. The molecule has 0 aliphatic carbocycles. The monoisotopic (exact) mass is 393 g/mol. The Kier molecular flexibility index (Phi) is 6.18. The number of nitrogens with zero attached hydrogens (tertiary/aromatic N) is 1. The van der Waals surface area contributed by atoms with Gasteiger partial charge in [0.05, 0.1) is 25.0 Å². The zero-order valence-electron chi connectivity index (χ0n) is 15.2. The van der Waals surface area contributed by atoms with E-state index in [0.29, 0.717) is 37.5 Å². The van der Waals surface area contributed by atoms with E-state index in [0.717, 1.165) is 5.75 Å². The minimum Gasteiger partial charge on any atom is -0.494 e. The lowest BCUT2D eigenvalue weighted by atomic mass is 10.3. The van der Waals surface area contributed by atoms with Crippen LogP contribution in [0.15, 0.2) is 51.7 Å². The van der Waals surface area contributed by atoms with Gasteiger partial charge in [0.2, 0.25) is 10.0 Å². The molecule has 1 aliphatic rings. The zero-order chi connectivity index (χ0) is 19.3. The quantitative estimate of drug-likeness (QED) is 0.639. The Bertz CT molecular complexity index is 909. The summed E-state index contributed by atoms with van der Waals surface area (Å²) in [6, 6.07) is 12.2. The van der Waals surface area contributed by atoms with Crippen molar-refractivity contribution in [1.29, 1.82) is 0 Å². The van der Waals surface area contributed by atoms with Crippen LogP contribution in [-0.4, -0.2) is 44.3 Å². The third-order valence-electron chi connectivity index (χ3n) is 4.23. The molecule has 0 bridgehead atoms. The lowest BCUT2D eigenvalue weighted by molar-refractivity contribution is 0.213. The average Bonchev–Trinajstić information content (AvgIpc) is 3.08. The fraction of sp³-hybridized carbons (Fsp3) is 0.421. The molecule has 1 aromatic heterocycles. The molecule has 0 spiro atoms. The van der Waals surface area contributed by atoms with Crippen LogP contribution in [0, 0.1) is 6.92 Å². The molecule has 0 amide bonds. The third-order valence-corrected chi connectivity index (χ3v) is 6.15. The van der Waals surface area contributed by atoms with Gasteiger partial charge < -0.3 is 13.9 Å². The minimum absolute atomic E-state index is 0.0284. The van der Waals surface area contributed by atoms with E-state index in [1.54, 1.807) is 13.0 Å². The van der Waals surface area contributed by atoms with Crippen molar-refractivity contribution in [1.82, 2.24) is 4.31 Å². The number of rotatable bonds is 8. The molecule has 146 valence electrons. The van der Waals surface area contributed by atoms with Gasteiger partial charge in [-0.15, -0.1) is 0 Å². The average molecular weight is 393 g/mol. The Balaban J connectivity index is 1.47. The molecule has 2 aromatic rings. The van der Waals surface area contributed by atoms with Crippen molar-refractivity contribution in [2.75, 3.05) is 25.4 Å². The molecule has 7 nitrogen and oxygen atoms in total. The zero-order valence-corrected chi connectivity index (χ0v) is 16.0. The Hall–Kier alpha value is -2.32. The van der Waals surface area contributed by atoms with E-state index in [9.17, 15) is 13.2 Å². The van der Waals surface area contributed by atoms with Crippen LogP contribution in [-0.2, 0) is 10.0 Å². The van der Waals surface area contributed by atoms with Gasteiger partial charge in [-0.3, -0.25) is 0 Å². The van der Waals surface area contributed by atoms with Gasteiger partial charge in [-0.1, -0.05) is 18.2 Å². The van der Waals surface area contributed by atoms with Crippen molar-refractivity contribution in [2.24, 2.45) is 0 Å². The summed E-state index contributed by atoms with van der Waals surface area (Å²) >= 11 is 0. The normalized spacial score (nSPS) is 17.7. The Morgan fingerprint density at radius 1 is 1.19 bits per heavy atom. The summed E-state index contributed by atoms with van der Waals surface area (Å²) in [5.74, 6) is 1.62. The highest BCUT2D eigenvalue weighted by Crippen LogP contribution is 2.21. The van der Waals surface area contributed by atoms with Crippen LogP contribution in [0.5, 0.6) is 11.5 Å². The maximum absolute atomic E-state index is 12.5. The number of hydrogen-bond donors (Lipinski definition) is 0. The van der Waals surface area contributed by atoms with Crippen molar-refractivity contribution in [3.05, 3.63) is 58.6 Å². The van der Waals surface area contributed by atoms with E-state index in [1.807, 2.05) is 30.3 Å². The van der Waals surface area contributed by atoms with Crippen molar-refractivity contribution in [2.45, 2.75) is 25.9 Å². The van der Waals surface area contributed by atoms with Crippen molar-refractivity contribution in [3.8, 4) is 11.5 Å². The number of para-hydroxylation sites is 1. The Labute approximate surface area is 158 Å². The summed E-state index contributed by atoms with van der Waals surface area (Å²) in [6.07, 6.45) is 0.721. The van der Waals surface area contributed by atoms with E-state index >= 15 is 0 Å². The van der Waals surface area contributed by atoms with Gasteiger partial charge in [0.15, 0.2) is 0 Å². The highest BCUT2D eigenvalue weighted by Gasteiger charge is 2.32. The van der Waals surface area contributed by atoms with Gasteiger partial charge in [-0.25, -0.2) is 13.2 Å². The molecule has 1 fully saturated rings. The first-order valence-electron chi connectivity index (χ1n) is 8.86. The summed E-state index contributed by atoms with van der Waals surface area (Å²) in [7, 11) is -3.36. The van der Waals surface area contributed by atoms with Gasteiger partial charge in [0.1, 0.15) is 23.4 Å². The van der Waals surface area contributed by atoms with Crippen molar-refractivity contribution in [3.63, 3.8) is 0 Å². The molecule has 1 aliphatic heterocycles. The van der Waals surface area contributed by atoms with Crippen LogP contribution in [0.2, 0.25) is 0 Å². The molecular formula is C19H23NO6S. The molecule has 1 saturated heterocycles. The summed E-state index contributed by atoms with van der Waals surface area (Å²) in [6.45, 7) is 2.70. The Morgan fingerprint density at radius 2 is 1.96 bits per heavy atom. The summed E-state index contributed by atoms with van der Waals surface area (Å²) in [5.41, 5.74) is -0.481. The number of benzene rings is 1. The SMILES string of the molecule is Cc1cc(OC2CCN(S(=O)(=O)CCCOc3ccccc3)C2)cc(=O)o1. The molecule has 3 rings (SSSR count). The fourth-order valence-corrected chi connectivity index (χ4v) is 4.48. The predicted octanol–water partition coefficient (Wildman–Crippen LogP) is 2.20. The van der Waals surface area contributed by atoms with Crippen molar-refractivity contribution < 1.29 is 22.3 Å². The van der Waals surface area contributed by atoms with Gasteiger partial charge in [0.25, 0.3) is 0 Å². The van der Waals surface area contributed by atoms with E-state index in [-0.39, 0.29) is 18.4 Å². The van der Waals surface area contributed by atoms with Crippen LogP contribution in [0.25, 0.3) is 0 Å².